The molecule has 7 nitrogen and oxygen atoms in total. The molecule has 36 heavy (non-hydrogen) atoms. The van der Waals surface area contributed by atoms with Crippen LogP contribution in [0, 0.1) is 17.2 Å². The molecule has 0 saturated carbocycles. The van der Waals surface area contributed by atoms with Gasteiger partial charge in [-0.05, 0) is 56.4 Å². The van der Waals surface area contributed by atoms with Crippen LogP contribution in [0.2, 0.25) is 0 Å². The van der Waals surface area contributed by atoms with E-state index in [4.69, 9.17) is 9.72 Å². The zero-order valence-corrected chi connectivity index (χ0v) is 21.8. The molecular formula is C29H36N4O3. The molecule has 1 aromatic heterocycles. The highest BCUT2D eigenvalue weighted by Gasteiger charge is 2.17. The molecule has 3 aromatic rings. The minimum Gasteiger partial charge on any atom is -0.490 e. The van der Waals surface area contributed by atoms with Crippen LogP contribution in [0.4, 0.5) is 0 Å². The van der Waals surface area contributed by atoms with Gasteiger partial charge in [0.2, 0.25) is 0 Å². The molecule has 0 bridgehead atoms. The second-order valence-electron chi connectivity index (χ2n) is 9.82. The lowest BCUT2D eigenvalue weighted by Gasteiger charge is -2.19. The molecule has 3 rings (SSSR count). The van der Waals surface area contributed by atoms with Gasteiger partial charge < -0.3 is 19.7 Å². The standard InChI is InChI=1S/C29H36N4O3/c1-19(2)14-28-32-26(18-33(28)5)22-8-6-21(7-9-22)15-25(12-13-34)31-29(35)23-10-11-27(36-20(3)4)24(16-23)17-30/h6-11,16,18-20,25,34H,12-15H2,1-5H3,(H,31,35). The Kier molecular flexibility index (Phi) is 9.26. The van der Waals surface area contributed by atoms with Crippen molar-refractivity contribution >= 4 is 5.91 Å². The quantitative estimate of drug-likeness (QED) is 0.409. The molecule has 190 valence electrons. The number of rotatable bonds is 11. The Balaban J connectivity index is 1.69. The molecular weight excluding hydrogens is 452 g/mol. The highest BCUT2D eigenvalue weighted by molar-refractivity contribution is 5.95. The minimum atomic E-state index is -0.288. The number of nitrogens with zero attached hydrogens (tertiary/aromatic N) is 3. The van der Waals surface area contributed by atoms with E-state index in [0.29, 0.717) is 35.6 Å². The van der Waals surface area contributed by atoms with Crippen molar-refractivity contribution < 1.29 is 14.6 Å². The Labute approximate surface area is 213 Å². The van der Waals surface area contributed by atoms with Gasteiger partial charge in [0, 0.05) is 43.4 Å². The van der Waals surface area contributed by atoms with Gasteiger partial charge in [0.1, 0.15) is 17.6 Å². The number of imidazole rings is 1. The molecule has 1 atom stereocenters. The summed E-state index contributed by atoms with van der Waals surface area (Å²) in [5.74, 6) is 1.78. The summed E-state index contributed by atoms with van der Waals surface area (Å²) in [6, 6.07) is 14.8. The van der Waals surface area contributed by atoms with E-state index in [1.54, 1.807) is 12.1 Å². The Bertz CT molecular complexity index is 1210. The zero-order valence-electron chi connectivity index (χ0n) is 21.8. The number of aliphatic hydroxyl groups excluding tert-OH is 1. The molecule has 0 fully saturated rings. The Morgan fingerprint density at radius 3 is 2.47 bits per heavy atom. The smallest absolute Gasteiger partial charge is 0.251 e. The molecule has 0 aliphatic rings. The highest BCUT2D eigenvalue weighted by Crippen LogP contribution is 2.22. The minimum absolute atomic E-state index is 0.0415. The zero-order chi connectivity index (χ0) is 26.2. The Morgan fingerprint density at radius 1 is 1.14 bits per heavy atom. The fourth-order valence-electron chi connectivity index (χ4n) is 4.06. The van der Waals surface area contributed by atoms with Crippen LogP contribution in [-0.2, 0) is 19.9 Å². The average Bonchev–Trinajstić information content (AvgIpc) is 3.18. The normalized spacial score (nSPS) is 12.0. The third-order valence-corrected chi connectivity index (χ3v) is 5.83. The van der Waals surface area contributed by atoms with Gasteiger partial charge in [-0.15, -0.1) is 0 Å². The third kappa shape index (κ3) is 7.19. The number of ether oxygens (including phenoxy) is 1. The van der Waals surface area contributed by atoms with Crippen LogP contribution in [0.1, 0.15) is 61.4 Å². The molecule has 0 spiro atoms. The first-order valence-corrected chi connectivity index (χ1v) is 12.4. The van der Waals surface area contributed by atoms with E-state index in [1.165, 1.54) is 6.07 Å². The van der Waals surface area contributed by atoms with Gasteiger partial charge >= 0.3 is 0 Å². The van der Waals surface area contributed by atoms with Crippen LogP contribution in [-0.4, -0.2) is 39.3 Å². The first-order valence-electron chi connectivity index (χ1n) is 12.4. The van der Waals surface area contributed by atoms with Crippen LogP contribution in [0.25, 0.3) is 11.3 Å². The fraction of sp³-hybridized carbons (Fsp3) is 0.414. The summed E-state index contributed by atoms with van der Waals surface area (Å²) in [4.78, 5) is 17.7. The molecule has 0 radical (unpaired) electrons. The number of hydrogen-bond acceptors (Lipinski definition) is 5. The maximum absolute atomic E-state index is 12.9. The van der Waals surface area contributed by atoms with Gasteiger partial charge in [-0.25, -0.2) is 4.98 Å². The van der Waals surface area contributed by atoms with Crippen molar-refractivity contribution in [2.24, 2.45) is 13.0 Å². The number of aromatic nitrogens is 2. The number of nitrogens with one attached hydrogen (secondary N) is 1. The molecule has 1 amide bonds. The summed E-state index contributed by atoms with van der Waals surface area (Å²) < 4.78 is 7.72. The lowest BCUT2D eigenvalue weighted by Crippen LogP contribution is -2.37. The second-order valence-corrected chi connectivity index (χ2v) is 9.82. The van der Waals surface area contributed by atoms with Crippen LogP contribution in [0.5, 0.6) is 5.75 Å². The number of aryl methyl sites for hydroxylation is 1. The molecule has 0 aliphatic heterocycles. The van der Waals surface area contributed by atoms with Gasteiger partial charge in [-0.3, -0.25) is 4.79 Å². The summed E-state index contributed by atoms with van der Waals surface area (Å²) in [6.45, 7) is 8.09. The van der Waals surface area contributed by atoms with Gasteiger partial charge in [0.25, 0.3) is 5.91 Å². The number of hydrogen-bond donors (Lipinski definition) is 2. The van der Waals surface area contributed by atoms with Crippen molar-refractivity contribution in [2.45, 2.75) is 59.1 Å². The predicted octanol–water partition coefficient (Wildman–Crippen LogP) is 4.67. The lowest BCUT2D eigenvalue weighted by molar-refractivity contribution is 0.0930. The Morgan fingerprint density at radius 2 is 1.86 bits per heavy atom. The van der Waals surface area contributed by atoms with E-state index in [2.05, 4.69) is 36.0 Å². The van der Waals surface area contributed by atoms with E-state index >= 15 is 0 Å². The van der Waals surface area contributed by atoms with Crippen molar-refractivity contribution in [3.05, 3.63) is 71.2 Å². The number of amides is 1. The van der Waals surface area contributed by atoms with Gasteiger partial charge in [-0.1, -0.05) is 38.1 Å². The molecule has 1 heterocycles. The van der Waals surface area contributed by atoms with Crippen molar-refractivity contribution in [3.63, 3.8) is 0 Å². The van der Waals surface area contributed by atoms with Crippen molar-refractivity contribution in [2.75, 3.05) is 6.61 Å². The summed E-state index contributed by atoms with van der Waals surface area (Å²) in [5.41, 5.74) is 3.73. The largest absolute Gasteiger partial charge is 0.490 e. The number of benzene rings is 2. The molecule has 2 aromatic carbocycles. The van der Waals surface area contributed by atoms with Crippen LogP contribution in [0.3, 0.4) is 0 Å². The van der Waals surface area contributed by atoms with Crippen molar-refractivity contribution in [1.82, 2.24) is 14.9 Å². The summed E-state index contributed by atoms with van der Waals surface area (Å²) >= 11 is 0. The maximum Gasteiger partial charge on any atom is 0.251 e. The van der Waals surface area contributed by atoms with Gasteiger partial charge in [0.05, 0.1) is 17.4 Å². The van der Waals surface area contributed by atoms with Crippen LogP contribution < -0.4 is 10.1 Å². The number of nitriles is 1. The van der Waals surface area contributed by atoms with E-state index in [-0.39, 0.29) is 24.7 Å². The van der Waals surface area contributed by atoms with Crippen molar-refractivity contribution in [1.29, 1.82) is 5.26 Å². The third-order valence-electron chi connectivity index (χ3n) is 5.83. The van der Waals surface area contributed by atoms with E-state index in [1.807, 2.05) is 45.2 Å². The molecule has 0 aliphatic carbocycles. The fourth-order valence-corrected chi connectivity index (χ4v) is 4.06. The monoisotopic (exact) mass is 488 g/mol. The van der Waals surface area contributed by atoms with Crippen molar-refractivity contribution in [3.8, 4) is 23.1 Å². The number of carbonyl (C=O) groups is 1. The number of aliphatic hydroxyl groups is 1. The average molecular weight is 489 g/mol. The van der Waals surface area contributed by atoms with Crippen LogP contribution >= 0.6 is 0 Å². The highest BCUT2D eigenvalue weighted by atomic mass is 16.5. The number of carbonyl (C=O) groups excluding carboxylic acids is 1. The molecule has 1 unspecified atom stereocenters. The first kappa shape index (κ1) is 27.0. The summed E-state index contributed by atoms with van der Waals surface area (Å²) in [7, 11) is 2.02. The van der Waals surface area contributed by atoms with E-state index < -0.39 is 0 Å². The Hall–Kier alpha value is -3.63. The predicted molar refractivity (Wildman–Crippen MR) is 141 cm³/mol. The lowest BCUT2D eigenvalue weighted by atomic mass is 10.0. The topological polar surface area (TPSA) is 100 Å². The second kappa shape index (κ2) is 12.4. The maximum atomic E-state index is 12.9. The van der Waals surface area contributed by atoms with Crippen LogP contribution in [0.15, 0.2) is 48.7 Å². The molecule has 2 N–H and O–H groups in total. The molecule has 7 heteroatoms. The van der Waals surface area contributed by atoms with Gasteiger partial charge in [-0.2, -0.15) is 5.26 Å². The summed E-state index contributed by atoms with van der Waals surface area (Å²) in [5, 5.41) is 22.0. The molecule has 0 saturated heterocycles. The van der Waals surface area contributed by atoms with Gasteiger partial charge in [0.15, 0.2) is 0 Å². The summed E-state index contributed by atoms with van der Waals surface area (Å²) in [6.07, 6.45) is 3.91. The van der Waals surface area contributed by atoms with E-state index in [9.17, 15) is 15.2 Å². The van der Waals surface area contributed by atoms with E-state index in [0.717, 1.165) is 29.1 Å². The SMILES string of the molecule is CC(C)Cc1nc(-c2ccc(CC(CCO)NC(=O)c3ccc(OC(C)C)c(C#N)c3)cc2)cn1C. The first-order chi connectivity index (χ1) is 17.2.